The minimum absolute atomic E-state index is 0.00236. The summed E-state index contributed by atoms with van der Waals surface area (Å²) < 4.78 is 32.2. The normalized spacial score (nSPS) is 17.4. The summed E-state index contributed by atoms with van der Waals surface area (Å²) in [6, 6.07) is 9.16. The number of aryl methyl sites for hydroxylation is 1. The van der Waals surface area contributed by atoms with Gasteiger partial charge in [-0.2, -0.15) is 0 Å². The van der Waals surface area contributed by atoms with Gasteiger partial charge in [-0.1, -0.05) is 6.07 Å². The van der Waals surface area contributed by atoms with Gasteiger partial charge in [-0.05, 0) is 60.7 Å². The fourth-order valence-corrected chi connectivity index (χ4v) is 2.72. The van der Waals surface area contributed by atoms with E-state index < -0.39 is 11.6 Å². The van der Waals surface area contributed by atoms with Gasteiger partial charge in [-0.25, -0.2) is 8.78 Å². The van der Waals surface area contributed by atoms with Gasteiger partial charge in [-0.3, -0.25) is 0 Å². The first-order chi connectivity index (χ1) is 10.1. The van der Waals surface area contributed by atoms with Crippen molar-refractivity contribution in [3.8, 4) is 5.75 Å². The summed E-state index contributed by atoms with van der Waals surface area (Å²) in [5.41, 5.74) is 8.65. The van der Waals surface area contributed by atoms with Crippen molar-refractivity contribution in [3.05, 3.63) is 64.7 Å². The Morgan fingerprint density at radius 3 is 2.86 bits per heavy atom. The molecule has 1 aliphatic rings. The van der Waals surface area contributed by atoms with E-state index in [4.69, 9.17) is 10.5 Å². The standard InChI is InChI=1S/C17H17F2NO/c18-13-5-7-16(19)12(8-13)10-21-14-6-4-11-2-1-3-17(20)15(11)9-14/h4-9,17H,1-3,10,20H2/t17-/m0/s1. The van der Waals surface area contributed by atoms with E-state index >= 15 is 0 Å². The van der Waals surface area contributed by atoms with Crippen LogP contribution in [0.4, 0.5) is 8.78 Å². The first-order valence-electron chi connectivity index (χ1n) is 7.08. The molecule has 0 spiro atoms. The molecule has 0 saturated carbocycles. The summed E-state index contributed by atoms with van der Waals surface area (Å²) in [5.74, 6) is -0.303. The third-order valence-corrected chi connectivity index (χ3v) is 3.88. The molecule has 4 heteroatoms. The van der Waals surface area contributed by atoms with E-state index in [1.165, 1.54) is 5.56 Å². The predicted octanol–water partition coefficient (Wildman–Crippen LogP) is 3.88. The van der Waals surface area contributed by atoms with Gasteiger partial charge >= 0.3 is 0 Å². The fourth-order valence-electron chi connectivity index (χ4n) is 2.72. The second-order valence-corrected chi connectivity index (χ2v) is 5.38. The molecule has 0 heterocycles. The highest BCUT2D eigenvalue weighted by atomic mass is 19.1. The number of hydrogen-bond acceptors (Lipinski definition) is 2. The molecule has 1 aliphatic carbocycles. The SMILES string of the molecule is N[C@H]1CCCc2ccc(OCc3cc(F)ccc3F)cc21. The third-order valence-electron chi connectivity index (χ3n) is 3.88. The zero-order chi connectivity index (χ0) is 14.8. The van der Waals surface area contributed by atoms with Crippen LogP contribution in [0.2, 0.25) is 0 Å². The molecule has 0 saturated heterocycles. The largest absolute Gasteiger partial charge is 0.489 e. The van der Waals surface area contributed by atoms with Crippen LogP contribution in [-0.4, -0.2) is 0 Å². The van der Waals surface area contributed by atoms with Crippen LogP contribution >= 0.6 is 0 Å². The summed E-state index contributed by atoms with van der Waals surface area (Å²) >= 11 is 0. The van der Waals surface area contributed by atoms with E-state index in [0.717, 1.165) is 43.0 Å². The molecule has 0 bridgehead atoms. The van der Waals surface area contributed by atoms with Crippen LogP contribution in [0.3, 0.4) is 0 Å². The fraction of sp³-hybridized carbons (Fsp3) is 0.294. The van der Waals surface area contributed by atoms with E-state index in [2.05, 4.69) is 0 Å². The maximum Gasteiger partial charge on any atom is 0.130 e. The Morgan fingerprint density at radius 2 is 2.00 bits per heavy atom. The summed E-state index contributed by atoms with van der Waals surface area (Å²) in [4.78, 5) is 0. The second-order valence-electron chi connectivity index (χ2n) is 5.38. The Hall–Kier alpha value is -1.94. The maximum absolute atomic E-state index is 13.5. The highest BCUT2D eigenvalue weighted by molar-refractivity contribution is 5.39. The topological polar surface area (TPSA) is 35.2 Å². The highest BCUT2D eigenvalue weighted by Gasteiger charge is 2.17. The van der Waals surface area contributed by atoms with Gasteiger partial charge in [0, 0.05) is 11.6 Å². The molecule has 2 aromatic carbocycles. The Bertz CT molecular complexity index is 657. The average Bonchev–Trinajstić information content (AvgIpc) is 2.49. The zero-order valence-electron chi connectivity index (χ0n) is 11.6. The Labute approximate surface area is 122 Å². The molecule has 1 atom stereocenters. The molecule has 0 aromatic heterocycles. The van der Waals surface area contributed by atoms with Crippen molar-refractivity contribution in [3.63, 3.8) is 0 Å². The highest BCUT2D eigenvalue weighted by Crippen LogP contribution is 2.31. The Balaban J connectivity index is 1.76. The summed E-state index contributed by atoms with van der Waals surface area (Å²) in [6.07, 6.45) is 3.10. The molecule has 2 aromatic rings. The molecule has 0 fully saturated rings. The minimum Gasteiger partial charge on any atom is -0.489 e. The lowest BCUT2D eigenvalue weighted by Crippen LogP contribution is -2.17. The summed E-state index contributed by atoms with van der Waals surface area (Å²) in [6.45, 7) is -0.00236. The predicted molar refractivity (Wildman–Crippen MR) is 77.0 cm³/mol. The number of benzene rings is 2. The van der Waals surface area contributed by atoms with Gasteiger partial charge in [0.1, 0.15) is 24.0 Å². The van der Waals surface area contributed by atoms with E-state index in [9.17, 15) is 8.78 Å². The molecular formula is C17H17F2NO. The summed E-state index contributed by atoms with van der Waals surface area (Å²) in [7, 11) is 0. The molecule has 0 radical (unpaired) electrons. The van der Waals surface area contributed by atoms with Gasteiger partial charge < -0.3 is 10.5 Å². The molecular weight excluding hydrogens is 272 g/mol. The number of ether oxygens (including phenoxy) is 1. The number of rotatable bonds is 3. The van der Waals surface area contributed by atoms with Crippen molar-refractivity contribution in [2.45, 2.75) is 31.9 Å². The number of hydrogen-bond donors (Lipinski definition) is 1. The second kappa shape index (κ2) is 5.82. The van der Waals surface area contributed by atoms with Crippen LogP contribution < -0.4 is 10.5 Å². The number of fused-ring (bicyclic) bond motifs is 1. The molecule has 0 aliphatic heterocycles. The van der Waals surface area contributed by atoms with Crippen LogP contribution in [0.25, 0.3) is 0 Å². The lowest BCUT2D eigenvalue weighted by molar-refractivity contribution is 0.298. The first-order valence-corrected chi connectivity index (χ1v) is 7.08. The van der Waals surface area contributed by atoms with Crippen molar-refractivity contribution in [2.24, 2.45) is 5.73 Å². The lowest BCUT2D eigenvalue weighted by atomic mass is 9.88. The molecule has 0 amide bonds. The van der Waals surface area contributed by atoms with E-state index in [1.807, 2.05) is 18.2 Å². The van der Waals surface area contributed by atoms with Gasteiger partial charge in [0.25, 0.3) is 0 Å². The van der Waals surface area contributed by atoms with E-state index in [-0.39, 0.29) is 18.2 Å². The van der Waals surface area contributed by atoms with Crippen molar-refractivity contribution < 1.29 is 13.5 Å². The molecule has 21 heavy (non-hydrogen) atoms. The quantitative estimate of drug-likeness (QED) is 0.930. The Kier molecular flexibility index (Phi) is 3.88. The molecule has 3 rings (SSSR count). The zero-order valence-corrected chi connectivity index (χ0v) is 11.6. The molecule has 110 valence electrons. The maximum atomic E-state index is 13.5. The van der Waals surface area contributed by atoms with Crippen molar-refractivity contribution in [1.82, 2.24) is 0 Å². The number of nitrogens with two attached hydrogens (primary N) is 1. The number of halogens is 2. The first kappa shape index (κ1) is 14.0. The lowest BCUT2D eigenvalue weighted by Gasteiger charge is -2.22. The van der Waals surface area contributed by atoms with Crippen LogP contribution in [-0.2, 0) is 13.0 Å². The van der Waals surface area contributed by atoms with Gasteiger partial charge in [0.05, 0.1) is 0 Å². The smallest absolute Gasteiger partial charge is 0.130 e. The van der Waals surface area contributed by atoms with E-state index in [0.29, 0.717) is 5.75 Å². The van der Waals surface area contributed by atoms with Crippen LogP contribution in [0.1, 0.15) is 35.6 Å². The molecule has 2 N–H and O–H groups in total. The minimum atomic E-state index is -0.470. The molecule has 2 nitrogen and oxygen atoms in total. The van der Waals surface area contributed by atoms with Crippen molar-refractivity contribution in [2.75, 3.05) is 0 Å². The van der Waals surface area contributed by atoms with Crippen molar-refractivity contribution >= 4 is 0 Å². The van der Waals surface area contributed by atoms with Gasteiger partial charge in [0.2, 0.25) is 0 Å². The van der Waals surface area contributed by atoms with Gasteiger partial charge in [-0.15, -0.1) is 0 Å². The van der Waals surface area contributed by atoms with E-state index in [1.54, 1.807) is 0 Å². The van der Waals surface area contributed by atoms with Gasteiger partial charge in [0.15, 0.2) is 0 Å². The third kappa shape index (κ3) is 3.05. The average molecular weight is 289 g/mol. The molecule has 0 unspecified atom stereocenters. The van der Waals surface area contributed by atoms with Crippen LogP contribution in [0, 0.1) is 11.6 Å². The van der Waals surface area contributed by atoms with Crippen LogP contribution in [0.15, 0.2) is 36.4 Å². The Morgan fingerprint density at radius 1 is 1.14 bits per heavy atom. The monoisotopic (exact) mass is 289 g/mol. The van der Waals surface area contributed by atoms with Crippen LogP contribution in [0.5, 0.6) is 5.75 Å². The summed E-state index contributed by atoms with van der Waals surface area (Å²) in [5, 5.41) is 0. The van der Waals surface area contributed by atoms with Crippen molar-refractivity contribution in [1.29, 1.82) is 0 Å².